The number of anilines is 1. The molecule has 1 N–H and O–H groups in total. The molecule has 0 spiro atoms. The van der Waals surface area contributed by atoms with Gasteiger partial charge in [0.2, 0.25) is 0 Å². The number of carbonyl (C=O) groups excluding carboxylic acids is 2. The highest BCUT2D eigenvalue weighted by Gasteiger charge is 2.20. The zero-order valence-electron chi connectivity index (χ0n) is 13.5. The second-order valence-corrected chi connectivity index (χ2v) is 6.65. The van der Waals surface area contributed by atoms with Gasteiger partial charge in [0.15, 0.2) is 17.6 Å². The lowest BCUT2D eigenvalue weighted by Crippen LogP contribution is -2.30. The van der Waals surface area contributed by atoms with Gasteiger partial charge < -0.3 is 19.5 Å². The van der Waals surface area contributed by atoms with Crippen molar-refractivity contribution in [2.45, 2.75) is 13.0 Å². The monoisotopic (exact) mass is 453 g/mol. The number of nitrogens with one attached hydrogen (secondary N) is 1. The van der Waals surface area contributed by atoms with Crippen molar-refractivity contribution in [1.29, 1.82) is 0 Å². The molecule has 6 nitrogen and oxygen atoms in total. The van der Waals surface area contributed by atoms with Gasteiger partial charge in [-0.3, -0.25) is 4.79 Å². The Kier molecular flexibility index (Phi) is 5.42. The number of hydrogen-bond donors (Lipinski definition) is 1. The summed E-state index contributed by atoms with van der Waals surface area (Å²) in [6.07, 6.45) is -0.932. The maximum atomic E-state index is 12.3. The minimum Gasteiger partial charge on any atom is -0.486 e. The smallest absolute Gasteiger partial charge is 0.338 e. The van der Waals surface area contributed by atoms with Gasteiger partial charge in [0, 0.05) is 15.3 Å². The lowest BCUT2D eigenvalue weighted by atomic mass is 10.2. The third-order valence-electron chi connectivity index (χ3n) is 3.52. The summed E-state index contributed by atoms with van der Waals surface area (Å²) in [7, 11) is 0. The number of carbonyl (C=O) groups is 2. The first-order valence-electron chi connectivity index (χ1n) is 7.70. The van der Waals surface area contributed by atoms with Crippen molar-refractivity contribution >= 4 is 40.2 Å². The Labute approximate surface area is 158 Å². The third-order valence-corrected chi connectivity index (χ3v) is 4.19. The molecule has 0 bridgehead atoms. The third kappa shape index (κ3) is 4.41. The molecule has 0 fully saturated rings. The van der Waals surface area contributed by atoms with Gasteiger partial charge in [0.05, 0.1) is 5.56 Å². The van der Waals surface area contributed by atoms with Gasteiger partial charge in [0.25, 0.3) is 5.91 Å². The molecule has 0 saturated heterocycles. The van der Waals surface area contributed by atoms with Gasteiger partial charge in [0.1, 0.15) is 13.2 Å². The molecule has 0 aliphatic carbocycles. The first kappa shape index (κ1) is 17.5. The maximum absolute atomic E-state index is 12.3. The van der Waals surface area contributed by atoms with Crippen molar-refractivity contribution in [2.75, 3.05) is 18.5 Å². The fourth-order valence-electron chi connectivity index (χ4n) is 2.26. The van der Waals surface area contributed by atoms with Gasteiger partial charge in [-0.15, -0.1) is 0 Å². The molecule has 1 aliphatic rings. The van der Waals surface area contributed by atoms with E-state index in [4.69, 9.17) is 14.2 Å². The predicted molar refractivity (Wildman–Crippen MR) is 100 cm³/mol. The summed E-state index contributed by atoms with van der Waals surface area (Å²) < 4.78 is 17.1. The molecule has 2 aromatic rings. The molecule has 3 rings (SSSR count). The molecule has 1 atom stereocenters. The zero-order valence-corrected chi connectivity index (χ0v) is 15.6. The fraction of sp³-hybridized carbons (Fsp3) is 0.222. The van der Waals surface area contributed by atoms with Crippen molar-refractivity contribution in [1.82, 2.24) is 0 Å². The minimum absolute atomic E-state index is 0.408. The quantitative estimate of drug-likeness (QED) is 0.569. The van der Waals surface area contributed by atoms with E-state index in [2.05, 4.69) is 27.9 Å². The molecule has 0 unspecified atom stereocenters. The van der Waals surface area contributed by atoms with Gasteiger partial charge >= 0.3 is 5.97 Å². The van der Waals surface area contributed by atoms with Crippen molar-refractivity contribution < 1.29 is 23.8 Å². The number of esters is 1. The predicted octanol–water partition coefficient (Wildman–Crippen LogP) is 3.25. The molecule has 25 heavy (non-hydrogen) atoms. The van der Waals surface area contributed by atoms with Crippen LogP contribution < -0.4 is 14.8 Å². The second-order valence-electron chi connectivity index (χ2n) is 5.41. The van der Waals surface area contributed by atoms with Gasteiger partial charge in [-0.1, -0.05) is 6.07 Å². The van der Waals surface area contributed by atoms with Crippen LogP contribution in [0.1, 0.15) is 17.3 Å². The second kappa shape index (κ2) is 7.73. The highest BCUT2D eigenvalue weighted by Crippen LogP contribution is 2.32. The van der Waals surface area contributed by atoms with Crippen LogP contribution >= 0.6 is 22.6 Å². The summed E-state index contributed by atoms with van der Waals surface area (Å²) in [5.74, 6) is 0.258. The zero-order chi connectivity index (χ0) is 17.8. The van der Waals surface area contributed by atoms with Crippen LogP contribution in [0.5, 0.6) is 11.5 Å². The number of halogens is 1. The number of amides is 1. The summed E-state index contributed by atoms with van der Waals surface area (Å²) in [5.41, 5.74) is 0.956. The topological polar surface area (TPSA) is 73.9 Å². The normalized spacial score (nSPS) is 13.7. The molecule has 1 aliphatic heterocycles. The lowest BCUT2D eigenvalue weighted by molar-refractivity contribution is -0.123. The molecule has 1 heterocycles. The summed E-state index contributed by atoms with van der Waals surface area (Å²) >= 11 is 2.11. The number of ether oxygens (including phenoxy) is 3. The Bertz CT molecular complexity index is 808. The van der Waals surface area contributed by atoms with E-state index in [1.165, 1.54) is 6.92 Å². The van der Waals surface area contributed by atoms with Crippen molar-refractivity contribution in [3.63, 3.8) is 0 Å². The first-order valence-corrected chi connectivity index (χ1v) is 8.78. The van der Waals surface area contributed by atoms with Crippen LogP contribution in [-0.2, 0) is 9.53 Å². The SMILES string of the molecule is C[C@H](OC(=O)c1cccc(I)c1)C(=O)Nc1ccc2c(c1)OCCO2. The van der Waals surface area contributed by atoms with Crippen LogP contribution in [0.15, 0.2) is 42.5 Å². The standard InChI is InChI=1S/C18H16INO5/c1-11(25-18(22)12-3-2-4-13(19)9-12)17(21)20-14-5-6-15-16(10-14)24-8-7-23-15/h2-6,9-11H,7-8H2,1H3,(H,20,21)/t11-/m0/s1. The highest BCUT2D eigenvalue weighted by molar-refractivity contribution is 14.1. The van der Waals surface area contributed by atoms with Crippen LogP contribution in [0.4, 0.5) is 5.69 Å². The van der Waals surface area contributed by atoms with Crippen molar-refractivity contribution in [3.05, 3.63) is 51.6 Å². The van der Waals surface area contributed by atoms with E-state index in [9.17, 15) is 9.59 Å². The van der Waals surface area contributed by atoms with Gasteiger partial charge in [-0.05, 0) is 59.8 Å². The molecule has 130 valence electrons. The van der Waals surface area contributed by atoms with E-state index >= 15 is 0 Å². The first-order chi connectivity index (χ1) is 12.0. The summed E-state index contributed by atoms with van der Waals surface area (Å²) in [6.45, 7) is 2.50. The molecule has 2 aromatic carbocycles. The van der Waals surface area contributed by atoms with Gasteiger partial charge in [-0.25, -0.2) is 4.79 Å². The average Bonchev–Trinajstić information content (AvgIpc) is 2.61. The molecule has 7 heteroatoms. The van der Waals surface area contributed by atoms with Crippen LogP contribution in [0.25, 0.3) is 0 Å². The van der Waals surface area contributed by atoms with Crippen molar-refractivity contribution in [2.24, 2.45) is 0 Å². The molecule has 0 saturated carbocycles. The van der Waals surface area contributed by atoms with E-state index in [1.54, 1.807) is 36.4 Å². The molecular weight excluding hydrogens is 437 g/mol. The number of benzene rings is 2. The summed E-state index contributed by atoms with van der Waals surface area (Å²) in [4.78, 5) is 24.4. The van der Waals surface area contributed by atoms with Crippen LogP contribution in [0.2, 0.25) is 0 Å². The molecular formula is C18H16INO5. The Morgan fingerprint density at radius 3 is 2.64 bits per heavy atom. The van der Waals surface area contributed by atoms with Crippen LogP contribution in [-0.4, -0.2) is 31.2 Å². The minimum atomic E-state index is -0.932. The number of fused-ring (bicyclic) bond motifs is 1. The Balaban J connectivity index is 1.62. The Morgan fingerprint density at radius 2 is 1.88 bits per heavy atom. The average molecular weight is 453 g/mol. The van der Waals surface area contributed by atoms with E-state index in [0.717, 1.165) is 3.57 Å². The van der Waals surface area contributed by atoms with Gasteiger partial charge in [-0.2, -0.15) is 0 Å². The van der Waals surface area contributed by atoms with E-state index < -0.39 is 18.0 Å². The van der Waals surface area contributed by atoms with Crippen LogP contribution in [0.3, 0.4) is 0 Å². The highest BCUT2D eigenvalue weighted by atomic mass is 127. The fourth-order valence-corrected chi connectivity index (χ4v) is 2.81. The van der Waals surface area contributed by atoms with Crippen molar-refractivity contribution in [3.8, 4) is 11.5 Å². The number of hydrogen-bond acceptors (Lipinski definition) is 5. The summed E-state index contributed by atoms with van der Waals surface area (Å²) in [6, 6.07) is 12.1. The largest absolute Gasteiger partial charge is 0.486 e. The van der Waals surface area contributed by atoms with Crippen LogP contribution in [0, 0.1) is 3.57 Å². The Hall–Kier alpha value is -2.29. The van der Waals surface area contributed by atoms with E-state index in [-0.39, 0.29) is 0 Å². The van der Waals surface area contributed by atoms with E-state index in [0.29, 0.717) is 36.0 Å². The van der Waals surface area contributed by atoms with E-state index in [1.807, 2.05) is 6.07 Å². The molecule has 0 aromatic heterocycles. The maximum Gasteiger partial charge on any atom is 0.338 e. The lowest BCUT2D eigenvalue weighted by Gasteiger charge is -2.19. The molecule has 1 amide bonds. The number of rotatable bonds is 4. The summed E-state index contributed by atoms with van der Waals surface area (Å²) in [5, 5.41) is 2.71. The molecule has 0 radical (unpaired) electrons. The Morgan fingerprint density at radius 1 is 1.12 bits per heavy atom.